The lowest BCUT2D eigenvalue weighted by Crippen LogP contribution is -2.08. The normalized spacial score (nSPS) is 22.2. The Labute approximate surface area is 78.9 Å². The second-order valence-electron chi connectivity index (χ2n) is 3.20. The van der Waals surface area contributed by atoms with Crippen molar-refractivity contribution in [3.05, 3.63) is 0 Å². The van der Waals surface area contributed by atoms with Crippen LogP contribution in [-0.2, 0) is 4.84 Å². The van der Waals surface area contributed by atoms with Gasteiger partial charge in [0.05, 0.1) is 11.6 Å². The smallest absolute Gasteiger partial charge is 0.146 e. The summed E-state index contributed by atoms with van der Waals surface area (Å²) in [6.45, 7) is 2.20. The number of unbranched alkanes of at least 4 members (excludes halogenated alkanes) is 2. The monoisotopic (exact) mass is 189 g/mol. The Morgan fingerprint density at radius 2 is 2.42 bits per heavy atom. The second kappa shape index (κ2) is 5.41. The average molecular weight is 190 g/mol. The van der Waals surface area contributed by atoms with E-state index in [0.29, 0.717) is 5.88 Å². The Morgan fingerprint density at radius 3 is 3.00 bits per heavy atom. The van der Waals surface area contributed by atoms with Gasteiger partial charge in [0.25, 0.3) is 0 Å². The number of halogens is 1. The zero-order valence-corrected chi connectivity index (χ0v) is 8.31. The van der Waals surface area contributed by atoms with E-state index in [2.05, 4.69) is 12.1 Å². The molecule has 0 saturated carbocycles. The zero-order chi connectivity index (χ0) is 8.81. The summed E-state index contributed by atoms with van der Waals surface area (Å²) < 4.78 is 0. The van der Waals surface area contributed by atoms with Gasteiger partial charge in [0.1, 0.15) is 6.10 Å². The number of rotatable bonds is 5. The molecule has 2 nitrogen and oxygen atoms in total. The molecule has 0 bridgehead atoms. The van der Waals surface area contributed by atoms with Crippen LogP contribution in [0.5, 0.6) is 0 Å². The fourth-order valence-electron chi connectivity index (χ4n) is 1.30. The first-order valence-electron chi connectivity index (χ1n) is 4.64. The van der Waals surface area contributed by atoms with Crippen LogP contribution in [0.1, 0.15) is 39.0 Å². The summed E-state index contributed by atoms with van der Waals surface area (Å²) in [5, 5.41) is 3.99. The fourth-order valence-corrected chi connectivity index (χ4v) is 1.46. The van der Waals surface area contributed by atoms with Gasteiger partial charge in [-0.1, -0.05) is 24.9 Å². The van der Waals surface area contributed by atoms with Crippen LogP contribution < -0.4 is 0 Å². The summed E-state index contributed by atoms with van der Waals surface area (Å²) in [4.78, 5) is 5.10. The number of hydrogen-bond donors (Lipinski definition) is 0. The summed E-state index contributed by atoms with van der Waals surface area (Å²) >= 11 is 5.64. The van der Waals surface area contributed by atoms with Gasteiger partial charge in [-0.3, -0.25) is 0 Å². The maximum absolute atomic E-state index is 5.64. The van der Waals surface area contributed by atoms with E-state index in [1.54, 1.807) is 0 Å². The van der Waals surface area contributed by atoms with E-state index in [1.165, 1.54) is 25.0 Å². The summed E-state index contributed by atoms with van der Waals surface area (Å²) in [6, 6.07) is 0. The third-order valence-electron chi connectivity index (χ3n) is 2.04. The van der Waals surface area contributed by atoms with E-state index in [9.17, 15) is 0 Å². The van der Waals surface area contributed by atoms with E-state index in [0.717, 1.165) is 12.8 Å². The van der Waals surface area contributed by atoms with Crippen molar-refractivity contribution in [2.75, 3.05) is 5.88 Å². The standard InChI is InChI=1S/C9H16ClNO/c1-2-3-4-5-8-6-9(7-10)12-11-8/h9H,2-7H2,1H3. The van der Waals surface area contributed by atoms with Crippen molar-refractivity contribution in [1.82, 2.24) is 0 Å². The van der Waals surface area contributed by atoms with Gasteiger partial charge in [-0.05, 0) is 12.8 Å². The van der Waals surface area contributed by atoms with Gasteiger partial charge in [-0.15, -0.1) is 11.6 Å². The molecule has 1 rings (SSSR count). The highest BCUT2D eigenvalue weighted by molar-refractivity contribution is 6.18. The molecule has 1 unspecified atom stereocenters. The maximum atomic E-state index is 5.64. The van der Waals surface area contributed by atoms with Gasteiger partial charge >= 0.3 is 0 Å². The molecule has 0 aromatic rings. The van der Waals surface area contributed by atoms with Crippen LogP contribution in [-0.4, -0.2) is 17.7 Å². The average Bonchev–Trinajstić information content (AvgIpc) is 2.53. The van der Waals surface area contributed by atoms with Crippen molar-refractivity contribution in [1.29, 1.82) is 0 Å². The number of nitrogens with zero attached hydrogens (tertiary/aromatic N) is 1. The number of oxime groups is 1. The lowest BCUT2D eigenvalue weighted by molar-refractivity contribution is 0.102. The minimum atomic E-state index is 0.142. The van der Waals surface area contributed by atoms with Gasteiger partial charge < -0.3 is 4.84 Å². The van der Waals surface area contributed by atoms with E-state index in [1.807, 2.05) is 0 Å². The Hall–Kier alpha value is -0.240. The first-order chi connectivity index (χ1) is 5.86. The molecule has 0 aromatic carbocycles. The van der Waals surface area contributed by atoms with Crippen LogP contribution in [0, 0.1) is 0 Å². The molecule has 0 fully saturated rings. The SMILES string of the molecule is CCCCCC1=NOC(CCl)C1. The molecule has 1 aliphatic heterocycles. The van der Waals surface area contributed by atoms with Gasteiger partial charge in [0, 0.05) is 6.42 Å². The van der Waals surface area contributed by atoms with Crippen molar-refractivity contribution in [3.8, 4) is 0 Å². The van der Waals surface area contributed by atoms with Gasteiger partial charge in [-0.2, -0.15) is 0 Å². The summed E-state index contributed by atoms with van der Waals surface area (Å²) in [5.74, 6) is 0.556. The topological polar surface area (TPSA) is 21.6 Å². The molecule has 3 heteroatoms. The van der Waals surface area contributed by atoms with Crippen LogP contribution in [0.15, 0.2) is 5.16 Å². The largest absolute Gasteiger partial charge is 0.391 e. The molecule has 0 radical (unpaired) electrons. The fraction of sp³-hybridized carbons (Fsp3) is 0.889. The van der Waals surface area contributed by atoms with E-state index >= 15 is 0 Å². The number of alkyl halides is 1. The quantitative estimate of drug-likeness (QED) is 0.482. The summed E-state index contributed by atoms with van der Waals surface area (Å²) in [5.41, 5.74) is 1.19. The lowest BCUT2D eigenvalue weighted by atomic mass is 10.1. The Balaban J connectivity index is 2.10. The molecular weight excluding hydrogens is 174 g/mol. The van der Waals surface area contributed by atoms with E-state index < -0.39 is 0 Å². The predicted molar refractivity (Wildman–Crippen MR) is 51.8 cm³/mol. The van der Waals surface area contributed by atoms with Crippen molar-refractivity contribution < 1.29 is 4.84 Å². The van der Waals surface area contributed by atoms with Crippen molar-refractivity contribution in [3.63, 3.8) is 0 Å². The molecule has 1 heterocycles. The van der Waals surface area contributed by atoms with Crippen LogP contribution in [0.2, 0.25) is 0 Å². The molecule has 1 atom stereocenters. The minimum Gasteiger partial charge on any atom is -0.391 e. The lowest BCUT2D eigenvalue weighted by Gasteiger charge is -2.00. The first kappa shape index (κ1) is 9.85. The maximum Gasteiger partial charge on any atom is 0.146 e. The first-order valence-corrected chi connectivity index (χ1v) is 5.17. The second-order valence-corrected chi connectivity index (χ2v) is 3.51. The summed E-state index contributed by atoms with van der Waals surface area (Å²) in [6.07, 6.45) is 5.93. The molecule has 0 aromatic heterocycles. The number of hydrogen-bond acceptors (Lipinski definition) is 2. The molecule has 70 valence electrons. The third-order valence-corrected chi connectivity index (χ3v) is 2.38. The van der Waals surface area contributed by atoms with Gasteiger partial charge in [0.15, 0.2) is 0 Å². The van der Waals surface area contributed by atoms with Crippen LogP contribution in [0.4, 0.5) is 0 Å². The molecule has 0 N–H and O–H groups in total. The molecule has 0 saturated heterocycles. The predicted octanol–water partition coefficient (Wildman–Crippen LogP) is 2.95. The molecule has 0 aliphatic carbocycles. The van der Waals surface area contributed by atoms with Crippen molar-refractivity contribution in [2.45, 2.75) is 45.1 Å². The highest BCUT2D eigenvalue weighted by Gasteiger charge is 2.18. The van der Waals surface area contributed by atoms with Crippen LogP contribution in [0.3, 0.4) is 0 Å². The van der Waals surface area contributed by atoms with Crippen LogP contribution >= 0.6 is 11.6 Å². The molecule has 0 spiro atoms. The van der Waals surface area contributed by atoms with Crippen molar-refractivity contribution in [2.24, 2.45) is 5.16 Å². The Morgan fingerprint density at radius 1 is 1.58 bits per heavy atom. The molecule has 12 heavy (non-hydrogen) atoms. The highest BCUT2D eigenvalue weighted by Crippen LogP contribution is 2.15. The van der Waals surface area contributed by atoms with Gasteiger partial charge in [0.2, 0.25) is 0 Å². The van der Waals surface area contributed by atoms with Gasteiger partial charge in [-0.25, -0.2) is 0 Å². The highest BCUT2D eigenvalue weighted by atomic mass is 35.5. The Kier molecular flexibility index (Phi) is 4.44. The summed E-state index contributed by atoms with van der Waals surface area (Å²) in [7, 11) is 0. The van der Waals surface area contributed by atoms with Crippen molar-refractivity contribution >= 4 is 17.3 Å². The van der Waals surface area contributed by atoms with E-state index in [4.69, 9.17) is 16.4 Å². The van der Waals surface area contributed by atoms with Crippen LogP contribution in [0.25, 0.3) is 0 Å². The molecule has 0 amide bonds. The molecule has 1 aliphatic rings. The Bertz CT molecular complexity index is 159. The molecular formula is C9H16ClNO. The zero-order valence-electron chi connectivity index (χ0n) is 7.55. The third kappa shape index (κ3) is 3.02. The minimum absolute atomic E-state index is 0.142. The van der Waals surface area contributed by atoms with E-state index in [-0.39, 0.29) is 6.10 Å².